The first-order valence-electron chi connectivity index (χ1n) is 11.0. The van der Waals surface area contributed by atoms with Crippen molar-refractivity contribution in [1.29, 1.82) is 0 Å². The number of anilines is 1. The van der Waals surface area contributed by atoms with Gasteiger partial charge in [0.25, 0.3) is 5.91 Å². The number of hydrazone groups is 1. The molecule has 0 bridgehead atoms. The number of fused-ring (bicyclic) bond motifs is 1. The van der Waals surface area contributed by atoms with E-state index in [1.54, 1.807) is 11.4 Å². The van der Waals surface area contributed by atoms with Crippen LogP contribution in [0.3, 0.4) is 0 Å². The van der Waals surface area contributed by atoms with E-state index in [0.29, 0.717) is 22.6 Å². The van der Waals surface area contributed by atoms with Gasteiger partial charge in [-0.05, 0) is 37.6 Å². The Balaban J connectivity index is 1.57. The van der Waals surface area contributed by atoms with E-state index in [-0.39, 0.29) is 11.8 Å². The third-order valence-electron chi connectivity index (χ3n) is 5.36. The number of aryl methyl sites for hydroxylation is 1. The fraction of sp³-hybridized carbons (Fsp3) is 0.192. The Labute approximate surface area is 197 Å². The van der Waals surface area contributed by atoms with E-state index in [4.69, 9.17) is 0 Å². The number of nitrogens with one attached hydrogen (secondary N) is 2. The zero-order valence-corrected chi connectivity index (χ0v) is 19.5. The van der Waals surface area contributed by atoms with Crippen molar-refractivity contribution in [3.8, 4) is 11.3 Å². The van der Waals surface area contributed by atoms with E-state index >= 15 is 0 Å². The second-order valence-corrected chi connectivity index (χ2v) is 8.31. The van der Waals surface area contributed by atoms with Crippen LogP contribution >= 0.6 is 0 Å². The van der Waals surface area contributed by atoms with Crippen molar-refractivity contribution in [2.45, 2.75) is 27.7 Å². The molecule has 0 aliphatic heterocycles. The van der Waals surface area contributed by atoms with Crippen molar-refractivity contribution in [1.82, 2.24) is 20.0 Å². The molecule has 0 unspecified atom stereocenters. The van der Waals surface area contributed by atoms with Gasteiger partial charge in [-0.3, -0.25) is 9.59 Å². The van der Waals surface area contributed by atoms with Crippen molar-refractivity contribution in [3.05, 3.63) is 83.7 Å². The van der Waals surface area contributed by atoms with Crippen LogP contribution in [0.1, 0.15) is 42.4 Å². The molecular weight excluding hydrogens is 428 g/mol. The third kappa shape index (κ3) is 4.85. The minimum atomic E-state index is -0.407. The number of rotatable bonds is 6. The molecule has 0 fully saturated rings. The maximum absolute atomic E-state index is 12.9. The second kappa shape index (κ2) is 9.66. The lowest BCUT2D eigenvalue weighted by atomic mass is 10.1. The average Bonchev–Trinajstić information content (AvgIpc) is 3.28. The number of carbonyl (C=O) groups is 2. The SMILES string of the molecule is C/C(=N\NC(=O)c1cnn2c(C)cc(-c3ccccc3)nc12)c1cccc(NC(=O)C(C)C)c1. The van der Waals surface area contributed by atoms with Crippen molar-refractivity contribution in [2.24, 2.45) is 11.0 Å². The average molecular weight is 455 g/mol. The van der Waals surface area contributed by atoms with E-state index < -0.39 is 5.91 Å². The van der Waals surface area contributed by atoms with Crippen LogP contribution in [-0.4, -0.2) is 32.1 Å². The summed E-state index contributed by atoms with van der Waals surface area (Å²) in [7, 11) is 0. The highest BCUT2D eigenvalue weighted by Gasteiger charge is 2.16. The summed E-state index contributed by atoms with van der Waals surface area (Å²) in [5.41, 5.74) is 8.03. The summed E-state index contributed by atoms with van der Waals surface area (Å²) in [6.45, 7) is 7.38. The number of hydrogen-bond acceptors (Lipinski definition) is 5. The van der Waals surface area contributed by atoms with Crippen LogP contribution in [0.5, 0.6) is 0 Å². The summed E-state index contributed by atoms with van der Waals surface area (Å²) in [6.07, 6.45) is 1.49. The molecule has 0 saturated heterocycles. The second-order valence-electron chi connectivity index (χ2n) is 8.31. The Hall–Kier alpha value is -4.33. The van der Waals surface area contributed by atoms with E-state index in [1.807, 2.05) is 81.4 Å². The molecule has 0 spiro atoms. The summed E-state index contributed by atoms with van der Waals surface area (Å²) < 4.78 is 1.64. The van der Waals surface area contributed by atoms with Crippen LogP contribution in [0, 0.1) is 12.8 Å². The molecule has 2 N–H and O–H groups in total. The van der Waals surface area contributed by atoms with E-state index in [9.17, 15) is 9.59 Å². The number of aromatic nitrogens is 3. The maximum Gasteiger partial charge on any atom is 0.276 e. The summed E-state index contributed by atoms with van der Waals surface area (Å²) in [6, 6.07) is 19.0. The molecule has 2 aromatic carbocycles. The van der Waals surface area contributed by atoms with E-state index in [1.165, 1.54) is 6.20 Å². The van der Waals surface area contributed by atoms with Gasteiger partial charge in [0.1, 0.15) is 5.56 Å². The van der Waals surface area contributed by atoms with Gasteiger partial charge in [-0.15, -0.1) is 0 Å². The molecule has 2 aromatic heterocycles. The summed E-state index contributed by atoms with van der Waals surface area (Å²) in [4.78, 5) is 29.6. The fourth-order valence-corrected chi connectivity index (χ4v) is 3.40. The number of carbonyl (C=O) groups excluding carboxylic acids is 2. The van der Waals surface area contributed by atoms with Crippen LogP contribution in [0.2, 0.25) is 0 Å². The Morgan fingerprint density at radius 3 is 2.53 bits per heavy atom. The highest BCUT2D eigenvalue weighted by Crippen LogP contribution is 2.21. The smallest absolute Gasteiger partial charge is 0.276 e. The molecule has 0 radical (unpaired) electrons. The minimum Gasteiger partial charge on any atom is -0.326 e. The maximum atomic E-state index is 12.9. The molecule has 4 aromatic rings. The van der Waals surface area contributed by atoms with Gasteiger partial charge in [-0.1, -0.05) is 56.3 Å². The van der Waals surface area contributed by atoms with Crippen molar-refractivity contribution in [2.75, 3.05) is 5.32 Å². The van der Waals surface area contributed by atoms with Gasteiger partial charge in [-0.2, -0.15) is 10.2 Å². The van der Waals surface area contributed by atoms with Gasteiger partial charge in [0.2, 0.25) is 5.91 Å². The molecule has 2 heterocycles. The molecule has 0 aliphatic rings. The number of benzene rings is 2. The first-order valence-corrected chi connectivity index (χ1v) is 11.0. The lowest BCUT2D eigenvalue weighted by Crippen LogP contribution is -2.20. The first-order chi connectivity index (χ1) is 16.3. The summed E-state index contributed by atoms with van der Waals surface area (Å²) >= 11 is 0. The van der Waals surface area contributed by atoms with Crippen molar-refractivity contribution in [3.63, 3.8) is 0 Å². The predicted octanol–water partition coefficient (Wildman–Crippen LogP) is 4.45. The molecule has 0 saturated carbocycles. The van der Waals surface area contributed by atoms with Crippen LogP contribution < -0.4 is 10.7 Å². The predicted molar refractivity (Wildman–Crippen MR) is 133 cm³/mol. The van der Waals surface area contributed by atoms with E-state index in [0.717, 1.165) is 22.5 Å². The van der Waals surface area contributed by atoms with Gasteiger partial charge in [-0.25, -0.2) is 14.9 Å². The third-order valence-corrected chi connectivity index (χ3v) is 5.36. The molecule has 0 atom stereocenters. The molecule has 172 valence electrons. The van der Waals surface area contributed by atoms with Crippen LogP contribution in [0.4, 0.5) is 5.69 Å². The Morgan fingerprint density at radius 1 is 1.03 bits per heavy atom. The summed E-state index contributed by atoms with van der Waals surface area (Å²) in [5.74, 6) is -0.593. The zero-order chi connectivity index (χ0) is 24.2. The van der Waals surface area contributed by atoms with Gasteiger partial charge >= 0.3 is 0 Å². The quantitative estimate of drug-likeness (QED) is 0.332. The monoisotopic (exact) mass is 454 g/mol. The highest BCUT2D eigenvalue weighted by atomic mass is 16.2. The molecule has 4 rings (SSSR count). The molecular formula is C26H26N6O2. The molecule has 0 aliphatic carbocycles. The molecule has 8 heteroatoms. The largest absolute Gasteiger partial charge is 0.326 e. The lowest BCUT2D eigenvalue weighted by Gasteiger charge is -2.09. The fourth-order valence-electron chi connectivity index (χ4n) is 3.40. The van der Waals surface area contributed by atoms with Gasteiger partial charge in [0.15, 0.2) is 5.65 Å². The number of amides is 2. The number of hydrogen-bond donors (Lipinski definition) is 2. The standard InChI is InChI=1S/C26H26N6O2/c1-16(2)25(33)28-21-12-8-11-20(14-21)18(4)30-31-26(34)22-15-27-32-17(3)13-23(29-24(22)32)19-9-6-5-7-10-19/h5-16H,1-4H3,(H,28,33)(H,31,34)/b30-18+. The van der Waals surface area contributed by atoms with Crippen molar-refractivity contribution >= 4 is 28.9 Å². The van der Waals surface area contributed by atoms with E-state index in [2.05, 4.69) is 25.9 Å². The van der Waals surface area contributed by atoms with Crippen LogP contribution in [0.25, 0.3) is 16.9 Å². The molecule has 34 heavy (non-hydrogen) atoms. The topological polar surface area (TPSA) is 101 Å². The normalized spacial score (nSPS) is 11.6. The zero-order valence-electron chi connectivity index (χ0n) is 19.5. The molecule has 8 nitrogen and oxygen atoms in total. The van der Waals surface area contributed by atoms with Gasteiger partial charge in [0.05, 0.1) is 17.6 Å². The Bertz CT molecular complexity index is 1390. The highest BCUT2D eigenvalue weighted by molar-refractivity contribution is 6.03. The Kier molecular flexibility index (Phi) is 6.49. The van der Waals surface area contributed by atoms with Crippen LogP contribution in [0.15, 0.2) is 72.0 Å². The van der Waals surface area contributed by atoms with Gasteiger partial charge in [0, 0.05) is 22.9 Å². The minimum absolute atomic E-state index is 0.0641. The van der Waals surface area contributed by atoms with Crippen LogP contribution in [-0.2, 0) is 4.79 Å². The first kappa shape index (κ1) is 22.8. The number of nitrogens with zero attached hydrogens (tertiary/aromatic N) is 4. The van der Waals surface area contributed by atoms with Gasteiger partial charge < -0.3 is 5.32 Å². The molecule has 2 amide bonds. The Morgan fingerprint density at radius 2 is 1.79 bits per heavy atom. The summed E-state index contributed by atoms with van der Waals surface area (Å²) in [5, 5.41) is 11.4. The van der Waals surface area contributed by atoms with Crippen molar-refractivity contribution < 1.29 is 9.59 Å². The lowest BCUT2D eigenvalue weighted by molar-refractivity contribution is -0.118.